The van der Waals surface area contributed by atoms with Gasteiger partial charge in [0.1, 0.15) is 0 Å². The molecule has 3 heterocycles. The number of aromatic nitrogens is 3. The van der Waals surface area contributed by atoms with Crippen molar-refractivity contribution in [1.29, 1.82) is 0 Å². The van der Waals surface area contributed by atoms with Gasteiger partial charge in [-0.2, -0.15) is 0 Å². The van der Waals surface area contributed by atoms with Crippen LogP contribution in [0.2, 0.25) is 0 Å². The van der Waals surface area contributed by atoms with Crippen LogP contribution in [0.5, 0.6) is 0 Å². The van der Waals surface area contributed by atoms with E-state index in [1.54, 1.807) is 10.7 Å². The summed E-state index contributed by atoms with van der Waals surface area (Å²) in [6.07, 6.45) is 7.19. The van der Waals surface area contributed by atoms with E-state index in [-0.39, 0.29) is 24.8 Å². The number of benzene rings is 1. The van der Waals surface area contributed by atoms with Crippen molar-refractivity contribution in [2.24, 2.45) is 5.73 Å². The van der Waals surface area contributed by atoms with Gasteiger partial charge in [0.25, 0.3) is 0 Å². The Bertz CT molecular complexity index is 937. The first-order valence-electron chi connectivity index (χ1n) is 11.3. The molecule has 5 rings (SSSR count). The maximum Gasteiger partial charge on any atom is 0.248 e. The van der Waals surface area contributed by atoms with Crippen molar-refractivity contribution in [3.8, 4) is 0 Å². The number of nitrogens with two attached hydrogens (primary N) is 1. The normalized spacial score (nSPS) is 28.6. The molecule has 1 aromatic carbocycles. The Balaban J connectivity index is 1.23. The average molecular weight is 430 g/mol. The number of piperidine rings is 1. The molecule has 1 aromatic heterocycles. The molecule has 2 bridgehead atoms. The molecule has 3 aliphatic rings. The van der Waals surface area contributed by atoms with Gasteiger partial charge in [0, 0.05) is 37.0 Å². The van der Waals surface area contributed by atoms with Crippen LogP contribution in [0.3, 0.4) is 0 Å². The number of hydrogen-bond acceptors (Lipinski definition) is 4. The Hall–Kier alpha value is -2.35. The lowest BCUT2D eigenvalue weighted by Gasteiger charge is -2.38. The number of carbonyl (C=O) groups excluding carboxylic acids is 1. The largest absolute Gasteiger partial charge is 0.366 e. The van der Waals surface area contributed by atoms with E-state index in [0.717, 1.165) is 25.1 Å². The number of amides is 1. The van der Waals surface area contributed by atoms with Crippen molar-refractivity contribution in [2.75, 3.05) is 0 Å². The van der Waals surface area contributed by atoms with Gasteiger partial charge in [-0.15, -0.1) is 5.10 Å². The quantitative estimate of drug-likeness (QED) is 0.778. The first-order valence-corrected chi connectivity index (χ1v) is 11.3. The van der Waals surface area contributed by atoms with Crippen LogP contribution in [0.4, 0.5) is 8.78 Å². The Labute approximate surface area is 180 Å². The second kappa shape index (κ2) is 7.97. The molecule has 1 saturated carbocycles. The molecule has 2 saturated heterocycles. The maximum atomic E-state index is 13.4. The highest BCUT2D eigenvalue weighted by atomic mass is 19.3. The van der Waals surface area contributed by atoms with Crippen LogP contribution in [0.25, 0.3) is 0 Å². The highest BCUT2D eigenvalue weighted by molar-refractivity contribution is 5.92. The van der Waals surface area contributed by atoms with Crippen LogP contribution in [-0.4, -0.2) is 43.8 Å². The van der Waals surface area contributed by atoms with Crippen molar-refractivity contribution in [3.05, 3.63) is 47.3 Å². The maximum absolute atomic E-state index is 13.4. The van der Waals surface area contributed by atoms with Gasteiger partial charge in [-0.1, -0.05) is 17.3 Å². The van der Waals surface area contributed by atoms with Gasteiger partial charge in [-0.05, 0) is 62.1 Å². The highest BCUT2D eigenvalue weighted by Crippen LogP contribution is 2.44. The monoisotopic (exact) mass is 429 g/mol. The molecular weight excluding hydrogens is 400 g/mol. The number of carbonyl (C=O) groups is 1. The molecule has 2 aliphatic heterocycles. The number of alkyl halides is 2. The summed E-state index contributed by atoms with van der Waals surface area (Å²) in [5.74, 6) is -2.47. The van der Waals surface area contributed by atoms with Gasteiger partial charge in [-0.25, -0.2) is 13.5 Å². The summed E-state index contributed by atoms with van der Waals surface area (Å²) >= 11 is 0. The molecular formula is C23H29F2N5O. The van der Waals surface area contributed by atoms with E-state index in [2.05, 4.69) is 21.3 Å². The summed E-state index contributed by atoms with van der Waals surface area (Å²) < 4.78 is 28.7. The Morgan fingerprint density at radius 3 is 2.48 bits per heavy atom. The van der Waals surface area contributed by atoms with Crippen molar-refractivity contribution < 1.29 is 13.6 Å². The van der Waals surface area contributed by atoms with Gasteiger partial charge in [-0.3, -0.25) is 9.69 Å². The summed E-state index contributed by atoms with van der Waals surface area (Å²) in [7, 11) is 0. The third kappa shape index (κ3) is 4.22. The zero-order valence-electron chi connectivity index (χ0n) is 17.6. The summed E-state index contributed by atoms with van der Waals surface area (Å²) in [5, 5.41) is 8.62. The lowest BCUT2D eigenvalue weighted by atomic mass is 9.84. The van der Waals surface area contributed by atoms with E-state index in [0.29, 0.717) is 36.4 Å². The van der Waals surface area contributed by atoms with E-state index in [1.807, 2.05) is 18.3 Å². The minimum Gasteiger partial charge on any atom is -0.366 e. The molecule has 0 radical (unpaired) electrons. The zero-order chi connectivity index (χ0) is 21.6. The van der Waals surface area contributed by atoms with E-state index >= 15 is 0 Å². The van der Waals surface area contributed by atoms with E-state index < -0.39 is 5.92 Å². The summed E-state index contributed by atoms with van der Waals surface area (Å²) in [4.78, 5) is 14.1. The molecule has 6 nitrogen and oxygen atoms in total. The third-order valence-electron chi connectivity index (χ3n) is 7.49. The number of hydrogen-bond donors (Lipinski definition) is 1. The number of rotatable bonds is 5. The van der Waals surface area contributed by atoms with Gasteiger partial charge < -0.3 is 5.73 Å². The van der Waals surface area contributed by atoms with Crippen molar-refractivity contribution in [1.82, 2.24) is 19.9 Å². The fourth-order valence-corrected chi connectivity index (χ4v) is 5.79. The smallest absolute Gasteiger partial charge is 0.248 e. The topological polar surface area (TPSA) is 77.0 Å². The predicted molar refractivity (Wildman–Crippen MR) is 112 cm³/mol. The number of primary amides is 1. The molecule has 8 heteroatoms. The van der Waals surface area contributed by atoms with Crippen LogP contribution in [0.1, 0.15) is 84.9 Å². The minimum atomic E-state index is -2.53. The summed E-state index contributed by atoms with van der Waals surface area (Å²) in [6.45, 7) is 0.756. The van der Waals surface area contributed by atoms with Crippen LogP contribution in [-0.2, 0) is 6.54 Å². The molecule has 0 unspecified atom stereocenters. The SMILES string of the molecule is NC(=O)c1cccc([C@H]2C[C@H]3CC[C@@H](C2)N3Cc2cn(C3CCC(F)(F)CC3)nn2)c1. The highest BCUT2D eigenvalue weighted by Gasteiger charge is 2.41. The van der Waals surface area contributed by atoms with E-state index in [9.17, 15) is 13.6 Å². The van der Waals surface area contributed by atoms with E-state index in [4.69, 9.17) is 5.73 Å². The molecule has 166 valence electrons. The van der Waals surface area contributed by atoms with Crippen LogP contribution >= 0.6 is 0 Å². The summed E-state index contributed by atoms with van der Waals surface area (Å²) in [5.41, 5.74) is 8.15. The Morgan fingerprint density at radius 2 is 1.81 bits per heavy atom. The van der Waals surface area contributed by atoms with Gasteiger partial charge >= 0.3 is 0 Å². The lowest BCUT2D eigenvalue weighted by molar-refractivity contribution is -0.0451. The Kier molecular flexibility index (Phi) is 5.28. The average Bonchev–Trinajstić information content (AvgIpc) is 3.29. The predicted octanol–water partition coefficient (Wildman–Crippen LogP) is 4.04. The molecule has 31 heavy (non-hydrogen) atoms. The van der Waals surface area contributed by atoms with Gasteiger partial charge in [0.2, 0.25) is 11.8 Å². The number of nitrogens with zero attached hydrogens (tertiary/aromatic N) is 4. The Morgan fingerprint density at radius 1 is 1.10 bits per heavy atom. The summed E-state index contributed by atoms with van der Waals surface area (Å²) in [6, 6.07) is 8.74. The fourth-order valence-electron chi connectivity index (χ4n) is 5.79. The second-order valence-electron chi connectivity index (χ2n) is 9.49. The molecule has 2 aromatic rings. The van der Waals surface area contributed by atoms with Crippen LogP contribution in [0.15, 0.2) is 30.5 Å². The minimum absolute atomic E-state index is 0.0286. The third-order valence-corrected chi connectivity index (χ3v) is 7.49. The van der Waals surface area contributed by atoms with Crippen LogP contribution in [0, 0.1) is 0 Å². The zero-order valence-corrected chi connectivity index (χ0v) is 17.6. The van der Waals surface area contributed by atoms with E-state index in [1.165, 1.54) is 18.4 Å². The first kappa shape index (κ1) is 20.5. The molecule has 0 spiro atoms. The lowest BCUT2D eigenvalue weighted by Crippen LogP contribution is -2.41. The number of fused-ring (bicyclic) bond motifs is 2. The fraction of sp³-hybridized carbons (Fsp3) is 0.609. The van der Waals surface area contributed by atoms with Crippen molar-refractivity contribution in [3.63, 3.8) is 0 Å². The van der Waals surface area contributed by atoms with Crippen molar-refractivity contribution in [2.45, 2.75) is 87.9 Å². The molecule has 3 atom stereocenters. The van der Waals surface area contributed by atoms with Crippen LogP contribution < -0.4 is 5.73 Å². The first-order chi connectivity index (χ1) is 14.9. The molecule has 1 amide bonds. The second-order valence-corrected chi connectivity index (χ2v) is 9.49. The van der Waals surface area contributed by atoms with Gasteiger partial charge in [0.05, 0.1) is 17.9 Å². The molecule has 2 N–H and O–H groups in total. The number of halogens is 2. The van der Waals surface area contributed by atoms with Crippen molar-refractivity contribution >= 4 is 5.91 Å². The standard InChI is InChI=1S/C23H29F2N5O/c24-23(25)8-6-19(7-9-23)30-14-18(27-28-30)13-29-20-4-5-21(29)12-17(11-20)15-2-1-3-16(10-15)22(26)31/h1-3,10,14,17,19-21H,4-9,11-13H2,(H2,26,31)/t17-,20+,21-. The molecule has 3 fully saturated rings. The molecule has 1 aliphatic carbocycles. The van der Waals surface area contributed by atoms with Gasteiger partial charge in [0.15, 0.2) is 0 Å².